The Balaban J connectivity index is 1.44. The molecule has 0 radical (unpaired) electrons. The third-order valence-electron chi connectivity index (χ3n) is 5.41. The molecule has 0 N–H and O–H groups in total. The molecule has 0 aliphatic carbocycles. The first kappa shape index (κ1) is 17.3. The number of rotatable bonds is 4. The van der Waals surface area contributed by atoms with E-state index in [1.807, 2.05) is 30.3 Å². The zero-order valence-corrected chi connectivity index (χ0v) is 15.4. The van der Waals surface area contributed by atoms with Crippen LogP contribution in [0.25, 0.3) is 5.57 Å². The number of halogens is 1. The number of benzene rings is 2. The second-order valence-corrected chi connectivity index (χ2v) is 7.50. The number of esters is 1. The summed E-state index contributed by atoms with van der Waals surface area (Å²) in [6, 6.07) is 18.2. The molecule has 0 bridgehead atoms. The highest BCUT2D eigenvalue weighted by Crippen LogP contribution is 2.43. The van der Waals surface area contributed by atoms with Gasteiger partial charge in [0.2, 0.25) is 0 Å². The molecule has 2 aliphatic heterocycles. The Morgan fingerprint density at radius 1 is 1.04 bits per heavy atom. The zero-order valence-electron chi connectivity index (χ0n) is 14.7. The molecule has 2 aromatic rings. The molecule has 2 heterocycles. The first-order chi connectivity index (χ1) is 12.6. The van der Waals surface area contributed by atoms with Crippen molar-refractivity contribution >= 4 is 23.1 Å². The molecule has 0 atom stereocenters. The van der Waals surface area contributed by atoms with Gasteiger partial charge in [0.25, 0.3) is 0 Å². The Hall–Kier alpha value is -2.10. The number of likely N-dealkylation sites (tertiary alicyclic amines) is 1. The van der Waals surface area contributed by atoms with Gasteiger partial charge in [0, 0.05) is 49.1 Å². The molecule has 26 heavy (non-hydrogen) atoms. The summed E-state index contributed by atoms with van der Waals surface area (Å²) in [6.45, 7) is 2.89. The molecule has 1 fully saturated rings. The summed E-state index contributed by atoms with van der Waals surface area (Å²) >= 11 is 6.15. The van der Waals surface area contributed by atoms with E-state index in [0.717, 1.165) is 50.0 Å². The summed E-state index contributed by atoms with van der Waals surface area (Å²) in [4.78, 5) is 14.5. The molecule has 0 amide bonds. The van der Waals surface area contributed by atoms with Crippen LogP contribution in [0.2, 0.25) is 5.02 Å². The van der Waals surface area contributed by atoms with E-state index < -0.39 is 5.60 Å². The first-order valence-electron chi connectivity index (χ1n) is 9.12. The summed E-state index contributed by atoms with van der Waals surface area (Å²) in [5.74, 6) is -0.238. The maximum atomic E-state index is 12.0. The van der Waals surface area contributed by atoms with Gasteiger partial charge in [-0.15, -0.1) is 0 Å². The van der Waals surface area contributed by atoms with Crippen LogP contribution in [0.3, 0.4) is 0 Å². The van der Waals surface area contributed by atoms with Gasteiger partial charge in [-0.1, -0.05) is 54.1 Å². The van der Waals surface area contributed by atoms with Gasteiger partial charge in [-0.25, -0.2) is 4.79 Å². The lowest BCUT2D eigenvalue weighted by Gasteiger charge is -2.40. The van der Waals surface area contributed by atoms with Crippen molar-refractivity contribution in [2.24, 2.45) is 0 Å². The van der Waals surface area contributed by atoms with E-state index in [0.29, 0.717) is 5.02 Å². The van der Waals surface area contributed by atoms with Crippen LogP contribution in [0.1, 0.15) is 24.0 Å². The minimum atomic E-state index is -0.495. The smallest absolute Gasteiger partial charge is 0.332 e. The lowest BCUT2D eigenvalue weighted by Crippen LogP contribution is -2.46. The molecule has 0 aromatic heterocycles. The fraction of sp³-hybridized carbons (Fsp3) is 0.318. The van der Waals surface area contributed by atoms with Crippen molar-refractivity contribution in [2.45, 2.75) is 24.9 Å². The first-order valence-corrected chi connectivity index (χ1v) is 9.50. The topological polar surface area (TPSA) is 29.5 Å². The summed E-state index contributed by atoms with van der Waals surface area (Å²) in [5, 5.41) is 0.679. The molecule has 0 unspecified atom stereocenters. The van der Waals surface area contributed by atoms with E-state index in [2.05, 4.69) is 29.2 Å². The van der Waals surface area contributed by atoms with Crippen LogP contribution < -0.4 is 0 Å². The van der Waals surface area contributed by atoms with E-state index in [1.54, 1.807) is 6.08 Å². The second kappa shape index (κ2) is 7.26. The van der Waals surface area contributed by atoms with Gasteiger partial charge in [-0.2, -0.15) is 0 Å². The van der Waals surface area contributed by atoms with Crippen LogP contribution in [0, 0.1) is 0 Å². The summed E-state index contributed by atoms with van der Waals surface area (Å²) < 4.78 is 5.81. The molecule has 2 aromatic carbocycles. The van der Waals surface area contributed by atoms with E-state index in [4.69, 9.17) is 16.3 Å². The number of nitrogens with zero attached hydrogens (tertiary/aromatic N) is 1. The largest absolute Gasteiger partial charge is 0.451 e. The van der Waals surface area contributed by atoms with Crippen LogP contribution in [0.15, 0.2) is 60.7 Å². The van der Waals surface area contributed by atoms with E-state index in [9.17, 15) is 4.79 Å². The molecule has 0 saturated carbocycles. The van der Waals surface area contributed by atoms with E-state index in [1.165, 1.54) is 5.56 Å². The minimum Gasteiger partial charge on any atom is -0.451 e. The molecule has 134 valence electrons. The number of carbonyl (C=O) groups is 1. The van der Waals surface area contributed by atoms with Crippen molar-refractivity contribution < 1.29 is 9.53 Å². The monoisotopic (exact) mass is 367 g/mol. The summed E-state index contributed by atoms with van der Waals surface area (Å²) in [7, 11) is 0. The average molecular weight is 368 g/mol. The summed E-state index contributed by atoms with van der Waals surface area (Å²) in [6.07, 6.45) is 4.34. The van der Waals surface area contributed by atoms with Gasteiger partial charge >= 0.3 is 5.97 Å². The number of carbonyl (C=O) groups excluding carboxylic acids is 1. The molecule has 3 nitrogen and oxygen atoms in total. The predicted molar refractivity (Wildman–Crippen MR) is 104 cm³/mol. The van der Waals surface area contributed by atoms with Gasteiger partial charge in [0.15, 0.2) is 0 Å². The number of hydrogen-bond donors (Lipinski definition) is 0. The van der Waals surface area contributed by atoms with Crippen molar-refractivity contribution in [3.05, 3.63) is 76.8 Å². The normalized spacial score (nSPS) is 19.4. The van der Waals surface area contributed by atoms with Crippen LogP contribution in [0.5, 0.6) is 0 Å². The second-order valence-electron chi connectivity index (χ2n) is 7.06. The Labute approximate surface area is 159 Å². The fourth-order valence-electron chi connectivity index (χ4n) is 3.97. The maximum absolute atomic E-state index is 12.0. The fourth-order valence-corrected chi connectivity index (χ4v) is 4.16. The number of piperidine rings is 1. The number of ether oxygens (including phenoxy) is 1. The quantitative estimate of drug-likeness (QED) is 0.752. The Morgan fingerprint density at radius 3 is 2.54 bits per heavy atom. The zero-order chi connectivity index (χ0) is 18.0. The highest BCUT2D eigenvalue weighted by molar-refractivity contribution is 6.30. The van der Waals surface area contributed by atoms with Crippen LogP contribution in [0.4, 0.5) is 0 Å². The van der Waals surface area contributed by atoms with Crippen molar-refractivity contribution in [1.29, 1.82) is 0 Å². The van der Waals surface area contributed by atoms with Crippen molar-refractivity contribution in [2.75, 3.05) is 19.6 Å². The van der Waals surface area contributed by atoms with Crippen LogP contribution in [-0.4, -0.2) is 36.1 Å². The predicted octanol–water partition coefficient (Wildman–Crippen LogP) is 4.36. The van der Waals surface area contributed by atoms with E-state index >= 15 is 0 Å². The molecule has 1 saturated heterocycles. The van der Waals surface area contributed by atoms with Crippen molar-refractivity contribution in [3.8, 4) is 0 Å². The minimum absolute atomic E-state index is 0.238. The standard InChI is InChI=1S/C22H22ClNO2/c23-19-8-4-7-18(15-19)20-16-21(25)26-22(20)10-13-24(14-11-22)12-9-17-5-2-1-3-6-17/h1-8,15-16H,9-14H2. The highest BCUT2D eigenvalue weighted by atomic mass is 35.5. The van der Waals surface area contributed by atoms with Gasteiger partial charge < -0.3 is 9.64 Å². The summed E-state index contributed by atoms with van der Waals surface area (Å²) in [5.41, 5.74) is 2.83. The Bertz CT molecular complexity index is 823. The highest BCUT2D eigenvalue weighted by Gasteiger charge is 2.45. The Kier molecular flexibility index (Phi) is 4.84. The Morgan fingerprint density at radius 2 is 1.81 bits per heavy atom. The SMILES string of the molecule is O=C1C=C(c2cccc(Cl)c2)C2(CCN(CCc3ccccc3)CC2)O1. The van der Waals surface area contributed by atoms with Gasteiger partial charge in [-0.3, -0.25) is 0 Å². The van der Waals surface area contributed by atoms with Crippen molar-refractivity contribution in [1.82, 2.24) is 4.90 Å². The number of hydrogen-bond acceptors (Lipinski definition) is 3. The van der Waals surface area contributed by atoms with Gasteiger partial charge in [0.05, 0.1) is 0 Å². The van der Waals surface area contributed by atoms with E-state index in [-0.39, 0.29) is 5.97 Å². The third kappa shape index (κ3) is 3.55. The molecule has 1 spiro atoms. The maximum Gasteiger partial charge on any atom is 0.332 e. The molecular weight excluding hydrogens is 346 g/mol. The molecule has 2 aliphatic rings. The van der Waals surface area contributed by atoms with Gasteiger partial charge in [0.1, 0.15) is 5.60 Å². The molecular formula is C22H22ClNO2. The molecule has 4 rings (SSSR count). The lowest BCUT2D eigenvalue weighted by molar-refractivity contribution is -0.148. The average Bonchev–Trinajstić information content (AvgIpc) is 2.98. The van der Waals surface area contributed by atoms with Crippen LogP contribution >= 0.6 is 11.6 Å². The molecule has 4 heteroatoms. The van der Waals surface area contributed by atoms with Crippen LogP contribution in [-0.2, 0) is 16.0 Å². The lowest BCUT2D eigenvalue weighted by atomic mass is 9.81. The van der Waals surface area contributed by atoms with Crippen molar-refractivity contribution in [3.63, 3.8) is 0 Å². The van der Waals surface area contributed by atoms with Gasteiger partial charge in [-0.05, 0) is 29.7 Å². The third-order valence-corrected chi connectivity index (χ3v) is 5.64.